The molecule has 2 N–H and O–H groups in total. The smallest absolute Gasteiger partial charge is 0.251 e. The average Bonchev–Trinajstić information content (AvgIpc) is 2.10. The van der Waals surface area contributed by atoms with E-state index in [1.165, 1.54) is 4.90 Å². The molecule has 2 atom stereocenters. The maximum Gasteiger partial charge on any atom is 0.251 e. The van der Waals surface area contributed by atoms with E-state index < -0.39 is 18.6 Å². The Morgan fingerprint density at radius 1 is 1.27 bits per heavy atom. The number of nitrogens with zero attached hydrogens (tertiary/aromatic N) is 1. The van der Waals surface area contributed by atoms with Crippen molar-refractivity contribution in [1.82, 2.24) is 4.90 Å². The quantitative estimate of drug-likeness (QED) is 0.571. The highest BCUT2D eigenvalue weighted by Crippen LogP contribution is 2.11. The number of halogens is 2. The van der Waals surface area contributed by atoms with E-state index in [1.807, 2.05) is 0 Å². The lowest BCUT2D eigenvalue weighted by molar-refractivity contribution is 0.0572. The molecule has 1 saturated heterocycles. The van der Waals surface area contributed by atoms with E-state index in [9.17, 15) is 8.78 Å². The average molecular weight is 167 g/mol. The highest BCUT2D eigenvalue weighted by Gasteiger charge is 2.30. The number of aliphatic hydroxyl groups excluding tert-OH is 2. The van der Waals surface area contributed by atoms with Crippen LogP contribution in [-0.4, -0.2) is 53.4 Å². The number of aliphatic hydroxyl groups is 2. The molecule has 5 heteroatoms. The molecule has 0 spiro atoms. The molecule has 1 heterocycles. The van der Waals surface area contributed by atoms with Gasteiger partial charge in [-0.3, -0.25) is 4.90 Å². The second kappa shape index (κ2) is 3.42. The molecule has 0 aliphatic carbocycles. The lowest BCUT2D eigenvalue weighted by Gasteiger charge is -2.12. The summed E-state index contributed by atoms with van der Waals surface area (Å²) in [6.45, 7) is -0.0782. The van der Waals surface area contributed by atoms with Gasteiger partial charge in [0.15, 0.2) is 0 Å². The van der Waals surface area contributed by atoms with Gasteiger partial charge in [0.2, 0.25) is 0 Å². The molecule has 0 bridgehead atoms. The summed E-state index contributed by atoms with van der Waals surface area (Å²) in [5.41, 5.74) is 0. The Morgan fingerprint density at radius 3 is 2.09 bits per heavy atom. The molecule has 0 aromatic heterocycles. The molecule has 1 aliphatic rings. The monoisotopic (exact) mass is 167 g/mol. The Balaban J connectivity index is 2.29. The molecule has 0 amide bonds. The minimum atomic E-state index is -2.40. The molecule has 0 aromatic carbocycles. The lowest BCUT2D eigenvalue weighted by Crippen LogP contribution is -2.27. The fourth-order valence-corrected chi connectivity index (χ4v) is 1.19. The summed E-state index contributed by atoms with van der Waals surface area (Å²) in [5.74, 6) is 0. The van der Waals surface area contributed by atoms with Crippen LogP contribution in [0.15, 0.2) is 0 Å². The summed E-state index contributed by atoms with van der Waals surface area (Å²) in [4.78, 5) is 1.35. The molecular weight excluding hydrogens is 156 g/mol. The van der Waals surface area contributed by atoms with E-state index in [4.69, 9.17) is 10.2 Å². The summed E-state index contributed by atoms with van der Waals surface area (Å²) in [6.07, 6.45) is -4.13. The van der Waals surface area contributed by atoms with E-state index in [0.717, 1.165) is 0 Å². The van der Waals surface area contributed by atoms with Gasteiger partial charge in [-0.05, 0) is 0 Å². The van der Waals surface area contributed by atoms with Crippen LogP contribution in [0.25, 0.3) is 0 Å². The maximum atomic E-state index is 11.7. The van der Waals surface area contributed by atoms with E-state index >= 15 is 0 Å². The zero-order valence-electron chi connectivity index (χ0n) is 5.95. The van der Waals surface area contributed by atoms with Gasteiger partial charge in [0.25, 0.3) is 6.43 Å². The van der Waals surface area contributed by atoms with Crippen LogP contribution in [-0.2, 0) is 0 Å². The summed E-state index contributed by atoms with van der Waals surface area (Å²) in [7, 11) is 0. The highest BCUT2D eigenvalue weighted by molar-refractivity contribution is 4.83. The topological polar surface area (TPSA) is 43.7 Å². The van der Waals surface area contributed by atoms with Gasteiger partial charge < -0.3 is 10.2 Å². The van der Waals surface area contributed by atoms with Crippen molar-refractivity contribution >= 4 is 0 Å². The standard InChI is InChI=1S/C6H11F2NO2/c7-6(8)3-9-1-4(10)5(11)2-9/h4-6,10-11H,1-3H2/t4-,5-/m0/s1. The molecule has 1 aliphatic heterocycles. The van der Waals surface area contributed by atoms with Crippen LogP contribution >= 0.6 is 0 Å². The molecule has 0 radical (unpaired) electrons. The largest absolute Gasteiger partial charge is 0.389 e. The second-order valence-corrected chi connectivity index (χ2v) is 2.74. The molecule has 0 aromatic rings. The number of hydrogen-bond acceptors (Lipinski definition) is 3. The lowest BCUT2D eigenvalue weighted by atomic mass is 10.3. The predicted molar refractivity (Wildman–Crippen MR) is 34.5 cm³/mol. The third kappa shape index (κ3) is 2.36. The first-order valence-corrected chi connectivity index (χ1v) is 3.46. The van der Waals surface area contributed by atoms with Crippen LogP contribution in [0, 0.1) is 0 Å². The molecule has 3 nitrogen and oxygen atoms in total. The molecule has 1 rings (SSSR count). The van der Waals surface area contributed by atoms with Gasteiger partial charge in [0, 0.05) is 13.1 Å². The van der Waals surface area contributed by atoms with Gasteiger partial charge in [0.1, 0.15) is 0 Å². The van der Waals surface area contributed by atoms with Crippen LogP contribution in [0.5, 0.6) is 0 Å². The van der Waals surface area contributed by atoms with Crippen molar-refractivity contribution in [3.63, 3.8) is 0 Å². The summed E-state index contributed by atoms with van der Waals surface area (Å²) >= 11 is 0. The van der Waals surface area contributed by atoms with Crippen molar-refractivity contribution in [3.8, 4) is 0 Å². The first-order chi connectivity index (χ1) is 5.09. The van der Waals surface area contributed by atoms with E-state index in [2.05, 4.69) is 0 Å². The van der Waals surface area contributed by atoms with Gasteiger partial charge in [-0.15, -0.1) is 0 Å². The minimum Gasteiger partial charge on any atom is -0.389 e. The highest BCUT2D eigenvalue weighted by atomic mass is 19.3. The van der Waals surface area contributed by atoms with Gasteiger partial charge in [-0.2, -0.15) is 0 Å². The van der Waals surface area contributed by atoms with Gasteiger partial charge in [0.05, 0.1) is 18.8 Å². The van der Waals surface area contributed by atoms with Crippen LogP contribution in [0.4, 0.5) is 8.78 Å². The number of likely N-dealkylation sites (tertiary alicyclic amines) is 1. The fraction of sp³-hybridized carbons (Fsp3) is 1.00. The van der Waals surface area contributed by atoms with Crippen LogP contribution in [0.3, 0.4) is 0 Å². The van der Waals surface area contributed by atoms with E-state index in [0.29, 0.717) is 0 Å². The molecule has 66 valence electrons. The Hall–Kier alpha value is -0.260. The first-order valence-electron chi connectivity index (χ1n) is 3.46. The molecular formula is C6H11F2NO2. The van der Waals surface area contributed by atoms with Crippen molar-refractivity contribution in [3.05, 3.63) is 0 Å². The molecule has 1 fully saturated rings. The third-order valence-electron chi connectivity index (χ3n) is 1.73. The Kier molecular flexibility index (Phi) is 2.75. The molecule has 0 saturated carbocycles. The second-order valence-electron chi connectivity index (χ2n) is 2.74. The summed E-state index contributed by atoms with van der Waals surface area (Å²) < 4.78 is 23.5. The van der Waals surface area contributed by atoms with Crippen molar-refractivity contribution in [2.45, 2.75) is 18.6 Å². The van der Waals surface area contributed by atoms with E-state index in [-0.39, 0.29) is 19.6 Å². The number of β-amino-alcohol motifs (C(OH)–C–C–N with tert-alkyl or cyclic N) is 2. The van der Waals surface area contributed by atoms with Gasteiger partial charge >= 0.3 is 0 Å². The van der Waals surface area contributed by atoms with Crippen molar-refractivity contribution in [2.24, 2.45) is 0 Å². The summed E-state index contributed by atoms with van der Waals surface area (Å²) in [5, 5.41) is 17.9. The normalized spacial score (nSPS) is 33.5. The third-order valence-corrected chi connectivity index (χ3v) is 1.73. The van der Waals surface area contributed by atoms with Crippen LogP contribution < -0.4 is 0 Å². The molecule has 0 unspecified atom stereocenters. The zero-order chi connectivity index (χ0) is 8.43. The predicted octanol–water partition coefficient (Wildman–Crippen LogP) is -0.711. The summed E-state index contributed by atoms with van der Waals surface area (Å²) in [6, 6.07) is 0. The van der Waals surface area contributed by atoms with Crippen molar-refractivity contribution in [1.29, 1.82) is 0 Å². The number of rotatable bonds is 2. The molecule has 11 heavy (non-hydrogen) atoms. The SMILES string of the molecule is O[C@H]1CN(CC(F)F)C[C@@H]1O. The van der Waals surface area contributed by atoms with Crippen molar-refractivity contribution in [2.75, 3.05) is 19.6 Å². The van der Waals surface area contributed by atoms with Crippen LogP contribution in [0.1, 0.15) is 0 Å². The zero-order valence-corrected chi connectivity index (χ0v) is 5.95. The number of hydrogen-bond donors (Lipinski definition) is 2. The first kappa shape index (κ1) is 8.83. The Labute approximate surface area is 63.2 Å². The van der Waals surface area contributed by atoms with Crippen molar-refractivity contribution < 1.29 is 19.0 Å². The minimum absolute atomic E-state index is 0.144. The fourth-order valence-electron chi connectivity index (χ4n) is 1.19. The van der Waals surface area contributed by atoms with Gasteiger partial charge in [-0.25, -0.2) is 8.78 Å². The number of alkyl halides is 2. The van der Waals surface area contributed by atoms with E-state index in [1.54, 1.807) is 0 Å². The maximum absolute atomic E-state index is 11.7. The Morgan fingerprint density at radius 2 is 1.73 bits per heavy atom. The van der Waals surface area contributed by atoms with Crippen LogP contribution in [0.2, 0.25) is 0 Å². The Bertz CT molecular complexity index is 121. The van der Waals surface area contributed by atoms with Gasteiger partial charge in [-0.1, -0.05) is 0 Å².